The maximum Gasteiger partial charge on any atom is 0.126 e. The zero-order chi connectivity index (χ0) is 12.5. The summed E-state index contributed by atoms with van der Waals surface area (Å²) in [5.74, 6) is 1.29. The predicted molar refractivity (Wildman–Crippen MR) is 73.6 cm³/mol. The summed E-state index contributed by atoms with van der Waals surface area (Å²) >= 11 is 10.0. The standard InChI is InChI=1S/C13H18BrClO/c1-7(2)12(15)11-9(4)10(14)6-8(3)13(11)16-5/h6-7,12H,1-5H3. The first-order valence-electron chi connectivity index (χ1n) is 5.37. The number of rotatable bonds is 3. The molecule has 1 unspecified atom stereocenters. The van der Waals surface area contributed by atoms with Crippen LogP contribution in [0.5, 0.6) is 5.75 Å². The molecule has 1 aromatic rings. The highest BCUT2D eigenvalue weighted by molar-refractivity contribution is 9.10. The van der Waals surface area contributed by atoms with E-state index in [0.717, 1.165) is 26.9 Å². The Bertz CT molecular complexity index is 388. The first kappa shape index (κ1) is 13.9. The first-order chi connectivity index (χ1) is 7.40. The van der Waals surface area contributed by atoms with Crippen molar-refractivity contribution in [2.45, 2.75) is 33.1 Å². The largest absolute Gasteiger partial charge is 0.496 e. The monoisotopic (exact) mass is 304 g/mol. The second kappa shape index (κ2) is 5.42. The van der Waals surface area contributed by atoms with Gasteiger partial charge in [0.05, 0.1) is 12.5 Å². The summed E-state index contributed by atoms with van der Waals surface area (Å²) in [6, 6.07) is 2.07. The van der Waals surface area contributed by atoms with Gasteiger partial charge in [-0.1, -0.05) is 29.8 Å². The van der Waals surface area contributed by atoms with Crippen molar-refractivity contribution in [2.24, 2.45) is 5.92 Å². The number of hydrogen-bond acceptors (Lipinski definition) is 1. The van der Waals surface area contributed by atoms with E-state index in [0.29, 0.717) is 5.92 Å². The molecule has 0 N–H and O–H groups in total. The second-order valence-corrected chi connectivity index (χ2v) is 5.72. The Morgan fingerprint density at radius 2 is 1.88 bits per heavy atom. The molecule has 90 valence electrons. The van der Waals surface area contributed by atoms with E-state index in [-0.39, 0.29) is 5.38 Å². The number of ether oxygens (including phenoxy) is 1. The number of benzene rings is 1. The summed E-state index contributed by atoms with van der Waals surface area (Å²) in [6.45, 7) is 8.34. The van der Waals surface area contributed by atoms with E-state index in [2.05, 4.69) is 42.8 Å². The minimum absolute atomic E-state index is 0.0221. The molecule has 0 aromatic heterocycles. The van der Waals surface area contributed by atoms with Gasteiger partial charge in [-0.05, 0) is 37.0 Å². The molecule has 0 aliphatic heterocycles. The van der Waals surface area contributed by atoms with E-state index < -0.39 is 0 Å². The van der Waals surface area contributed by atoms with Crippen LogP contribution in [0.1, 0.15) is 35.9 Å². The predicted octanol–water partition coefficient (Wildman–Crippen LogP) is 5.01. The SMILES string of the molecule is COc1c(C)cc(Br)c(C)c1C(Cl)C(C)C. The molecule has 0 amide bonds. The van der Waals surface area contributed by atoms with Crippen LogP contribution >= 0.6 is 27.5 Å². The van der Waals surface area contributed by atoms with Crippen molar-refractivity contribution in [3.63, 3.8) is 0 Å². The van der Waals surface area contributed by atoms with Crippen LogP contribution in [0.2, 0.25) is 0 Å². The molecule has 0 radical (unpaired) electrons. The molecular weight excluding hydrogens is 287 g/mol. The molecule has 1 nitrogen and oxygen atoms in total. The van der Waals surface area contributed by atoms with Gasteiger partial charge in [0, 0.05) is 10.0 Å². The van der Waals surface area contributed by atoms with Crippen LogP contribution in [0.4, 0.5) is 0 Å². The molecule has 0 saturated heterocycles. The highest BCUT2D eigenvalue weighted by Gasteiger charge is 2.22. The highest BCUT2D eigenvalue weighted by Crippen LogP contribution is 2.41. The van der Waals surface area contributed by atoms with Gasteiger partial charge in [0.1, 0.15) is 5.75 Å². The summed E-state index contributed by atoms with van der Waals surface area (Å²) in [5.41, 5.74) is 3.38. The topological polar surface area (TPSA) is 9.23 Å². The van der Waals surface area contributed by atoms with Crippen molar-refractivity contribution in [1.82, 2.24) is 0 Å². The molecule has 0 bridgehead atoms. The highest BCUT2D eigenvalue weighted by atomic mass is 79.9. The molecule has 3 heteroatoms. The van der Waals surface area contributed by atoms with Crippen molar-refractivity contribution in [2.75, 3.05) is 7.11 Å². The van der Waals surface area contributed by atoms with Gasteiger partial charge in [0.2, 0.25) is 0 Å². The summed E-state index contributed by atoms with van der Waals surface area (Å²) in [4.78, 5) is 0. The minimum Gasteiger partial charge on any atom is -0.496 e. The van der Waals surface area contributed by atoms with E-state index in [1.807, 2.05) is 6.92 Å². The first-order valence-corrected chi connectivity index (χ1v) is 6.60. The van der Waals surface area contributed by atoms with E-state index in [9.17, 15) is 0 Å². The number of alkyl halides is 1. The molecule has 0 saturated carbocycles. The van der Waals surface area contributed by atoms with Crippen LogP contribution in [0, 0.1) is 19.8 Å². The molecule has 1 atom stereocenters. The van der Waals surface area contributed by atoms with Crippen LogP contribution in [0.3, 0.4) is 0 Å². The molecule has 1 rings (SSSR count). The van der Waals surface area contributed by atoms with Gasteiger partial charge in [-0.25, -0.2) is 0 Å². The molecule has 0 heterocycles. The van der Waals surface area contributed by atoms with E-state index in [4.69, 9.17) is 16.3 Å². The van der Waals surface area contributed by atoms with Crippen molar-refractivity contribution >= 4 is 27.5 Å². The molecular formula is C13H18BrClO. The van der Waals surface area contributed by atoms with E-state index in [1.165, 1.54) is 0 Å². The summed E-state index contributed by atoms with van der Waals surface area (Å²) < 4.78 is 6.57. The van der Waals surface area contributed by atoms with E-state index in [1.54, 1.807) is 7.11 Å². The Balaban J connectivity index is 3.44. The Kier molecular flexibility index (Phi) is 4.69. The molecule has 0 spiro atoms. The Labute approximate surface area is 111 Å². The lowest BCUT2D eigenvalue weighted by molar-refractivity contribution is 0.401. The normalized spacial score (nSPS) is 13.0. The van der Waals surface area contributed by atoms with Gasteiger partial charge in [-0.15, -0.1) is 11.6 Å². The van der Waals surface area contributed by atoms with Gasteiger partial charge in [0.25, 0.3) is 0 Å². The van der Waals surface area contributed by atoms with Crippen molar-refractivity contribution in [3.8, 4) is 5.75 Å². The minimum atomic E-state index is -0.0221. The fourth-order valence-electron chi connectivity index (χ4n) is 1.81. The van der Waals surface area contributed by atoms with Gasteiger partial charge in [-0.3, -0.25) is 0 Å². The van der Waals surface area contributed by atoms with Crippen molar-refractivity contribution < 1.29 is 4.74 Å². The average molecular weight is 306 g/mol. The third-order valence-electron chi connectivity index (χ3n) is 2.77. The van der Waals surface area contributed by atoms with Crippen molar-refractivity contribution in [1.29, 1.82) is 0 Å². The summed E-state index contributed by atoms with van der Waals surface area (Å²) in [7, 11) is 1.70. The van der Waals surface area contributed by atoms with Crippen LogP contribution in [0.15, 0.2) is 10.5 Å². The van der Waals surface area contributed by atoms with Crippen LogP contribution in [-0.4, -0.2) is 7.11 Å². The molecule has 0 fully saturated rings. The summed E-state index contributed by atoms with van der Waals surface area (Å²) in [5, 5.41) is -0.0221. The zero-order valence-corrected chi connectivity index (χ0v) is 12.7. The Morgan fingerprint density at radius 1 is 1.31 bits per heavy atom. The molecule has 16 heavy (non-hydrogen) atoms. The quantitative estimate of drug-likeness (QED) is 0.713. The van der Waals surface area contributed by atoms with Gasteiger partial charge in [-0.2, -0.15) is 0 Å². The average Bonchev–Trinajstić information content (AvgIpc) is 2.21. The lowest BCUT2D eigenvalue weighted by Crippen LogP contribution is -2.06. The van der Waals surface area contributed by atoms with Crippen molar-refractivity contribution in [3.05, 3.63) is 27.2 Å². The lowest BCUT2D eigenvalue weighted by Gasteiger charge is -2.22. The van der Waals surface area contributed by atoms with Gasteiger partial charge < -0.3 is 4.74 Å². The Morgan fingerprint density at radius 3 is 2.31 bits per heavy atom. The molecule has 1 aromatic carbocycles. The number of aryl methyl sites for hydroxylation is 1. The second-order valence-electron chi connectivity index (χ2n) is 4.39. The zero-order valence-electron chi connectivity index (χ0n) is 10.4. The van der Waals surface area contributed by atoms with Crippen LogP contribution in [0.25, 0.3) is 0 Å². The van der Waals surface area contributed by atoms with E-state index >= 15 is 0 Å². The smallest absolute Gasteiger partial charge is 0.126 e. The van der Waals surface area contributed by atoms with Gasteiger partial charge in [0.15, 0.2) is 0 Å². The maximum atomic E-state index is 6.47. The van der Waals surface area contributed by atoms with Crippen LogP contribution in [-0.2, 0) is 0 Å². The maximum absolute atomic E-state index is 6.47. The summed E-state index contributed by atoms with van der Waals surface area (Å²) in [6.07, 6.45) is 0. The fraction of sp³-hybridized carbons (Fsp3) is 0.538. The van der Waals surface area contributed by atoms with Crippen LogP contribution < -0.4 is 4.74 Å². The third kappa shape index (κ3) is 2.54. The number of hydrogen-bond donors (Lipinski definition) is 0. The number of halogens is 2. The fourth-order valence-corrected chi connectivity index (χ4v) is 2.63. The molecule has 0 aliphatic rings. The van der Waals surface area contributed by atoms with Gasteiger partial charge >= 0.3 is 0 Å². The third-order valence-corrected chi connectivity index (χ3v) is 4.32. The molecule has 0 aliphatic carbocycles. The Hall–Kier alpha value is -0.210. The number of methoxy groups -OCH3 is 1. The lowest BCUT2D eigenvalue weighted by atomic mass is 9.95.